The Labute approximate surface area is 99.6 Å². The van der Waals surface area contributed by atoms with Crippen molar-refractivity contribution in [3.8, 4) is 0 Å². The van der Waals surface area contributed by atoms with Crippen LogP contribution >= 0.6 is 0 Å². The van der Waals surface area contributed by atoms with Gasteiger partial charge in [-0.05, 0) is 25.0 Å². The zero-order chi connectivity index (χ0) is 12.3. The Hall–Kier alpha value is -1.62. The number of rotatable bonds is 4. The van der Waals surface area contributed by atoms with Crippen LogP contribution in [0.25, 0.3) is 0 Å². The second-order valence-electron chi connectivity index (χ2n) is 4.44. The number of nitro benzene ring substituents is 1. The van der Waals surface area contributed by atoms with Crippen molar-refractivity contribution in [1.82, 2.24) is 0 Å². The Balaban J connectivity index is 1.88. The van der Waals surface area contributed by atoms with Crippen LogP contribution in [0.2, 0.25) is 0 Å². The molecule has 0 heterocycles. The van der Waals surface area contributed by atoms with Crippen LogP contribution in [0.5, 0.6) is 0 Å². The van der Waals surface area contributed by atoms with Gasteiger partial charge in [0.1, 0.15) is 0 Å². The van der Waals surface area contributed by atoms with Gasteiger partial charge < -0.3 is 10.4 Å². The number of aliphatic hydroxyl groups excluding tert-OH is 1. The van der Waals surface area contributed by atoms with E-state index in [1.165, 1.54) is 12.1 Å². The van der Waals surface area contributed by atoms with Gasteiger partial charge in [-0.2, -0.15) is 0 Å². The maximum Gasteiger partial charge on any atom is 0.269 e. The number of nitro groups is 1. The molecule has 2 rings (SSSR count). The molecule has 1 fully saturated rings. The zero-order valence-electron chi connectivity index (χ0n) is 9.50. The fourth-order valence-electron chi connectivity index (χ4n) is 2.21. The zero-order valence-corrected chi connectivity index (χ0v) is 9.50. The molecule has 2 N–H and O–H groups in total. The van der Waals surface area contributed by atoms with Crippen LogP contribution in [0.4, 0.5) is 11.4 Å². The summed E-state index contributed by atoms with van der Waals surface area (Å²) in [6, 6.07) is 6.35. The van der Waals surface area contributed by atoms with Crippen molar-refractivity contribution >= 4 is 11.4 Å². The van der Waals surface area contributed by atoms with Gasteiger partial charge in [-0.25, -0.2) is 0 Å². The van der Waals surface area contributed by atoms with Crippen molar-refractivity contribution in [2.75, 3.05) is 11.9 Å². The van der Waals surface area contributed by atoms with Gasteiger partial charge in [0.15, 0.2) is 0 Å². The van der Waals surface area contributed by atoms with Crippen LogP contribution in [0.15, 0.2) is 24.3 Å². The van der Waals surface area contributed by atoms with E-state index in [0.29, 0.717) is 5.92 Å². The fourth-order valence-corrected chi connectivity index (χ4v) is 2.21. The number of non-ortho nitro benzene ring substituents is 1. The summed E-state index contributed by atoms with van der Waals surface area (Å²) < 4.78 is 0. The largest absolute Gasteiger partial charge is 0.393 e. The summed E-state index contributed by atoms with van der Waals surface area (Å²) in [6.07, 6.45) is 2.79. The van der Waals surface area contributed by atoms with Gasteiger partial charge in [0.05, 0.1) is 11.0 Å². The van der Waals surface area contributed by atoms with Crippen LogP contribution in [0.3, 0.4) is 0 Å². The number of hydrogen-bond donors (Lipinski definition) is 2. The molecule has 1 saturated carbocycles. The molecule has 1 aliphatic carbocycles. The molecular weight excluding hydrogens is 220 g/mol. The minimum absolute atomic E-state index is 0.0939. The number of anilines is 1. The lowest BCUT2D eigenvalue weighted by molar-refractivity contribution is -0.384. The molecule has 0 amide bonds. The molecule has 0 spiro atoms. The first-order valence-electron chi connectivity index (χ1n) is 5.83. The Morgan fingerprint density at radius 1 is 1.35 bits per heavy atom. The molecule has 5 heteroatoms. The predicted molar refractivity (Wildman–Crippen MR) is 64.9 cm³/mol. The van der Waals surface area contributed by atoms with Crippen molar-refractivity contribution in [2.45, 2.75) is 25.4 Å². The molecular formula is C12H16N2O3. The van der Waals surface area contributed by atoms with Crippen molar-refractivity contribution < 1.29 is 10.0 Å². The minimum Gasteiger partial charge on any atom is -0.393 e. The Morgan fingerprint density at radius 3 is 2.59 bits per heavy atom. The van der Waals surface area contributed by atoms with Gasteiger partial charge in [-0.1, -0.05) is 6.42 Å². The van der Waals surface area contributed by atoms with E-state index in [1.807, 2.05) is 0 Å². The first-order chi connectivity index (χ1) is 8.16. The lowest BCUT2D eigenvalue weighted by atomic mass is 10.1. The number of nitrogens with zero attached hydrogens (tertiary/aromatic N) is 1. The third kappa shape index (κ3) is 2.94. The quantitative estimate of drug-likeness (QED) is 0.620. The van der Waals surface area contributed by atoms with Gasteiger partial charge in [0.25, 0.3) is 5.69 Å². The topological polar surface area (TPSA) is 75.4 Å². The summed E-state index contributed by atoms with van der Waals surface area (Å²) in [5, 5.41) is 23.3. The van der Waals surface area contributed by atoms with Crippen LogP contribution < -0.4 is 5.32 Å². The number of aliphatic hydroxyl groups is 1. The number of hydrogen-bond acceptors (Lipinski definition) is 4. The Morgan fingerprint density at radius 2 is 2.06 bits per heavy atom. The number of benzene rings is 1. The molecule has 92 valence electrons. The molecule has 1 aliphatic rings. The average Bonchev–Trinajstić information content (AvgIpc) is 2.73. The smallest absolute Gasteiger partial charge is 0.269 e. The van der Waals surface area contributed by atoms with E-state index < -0.39 is 4.92 Å². The molecule has 0 aromatic heterocycles. The third-order valence-electron chi connectivity index (χ3n) is 3.27. The second kappa shape index (κ2) is 5.14. The Kier molecular flexibility index (Phi) is 3.58. The average molecular weight is 236 g/mol. The summed E-state index contributed by atoms with van der Waals surface area (Å²) >= 11 is 0. The van der Waals surface area contributed by atoms with E-state index in [2.05, 4.69) is 5.32 Å². The van der Waals surface area contributed by atoms with E-state index in [1.54, 1.807) is 12.1 Å². The lowest BCUT2D eigenvalue weighted by Crippen LogP contribution is -2.21. The first-order valence-corrected chi connectivity index (χ1v) is 5.83. The van der Waals surface area contributed by atoms with E-state index in [-0.39, 0.29) is 11.8 Å². The highest BCUT2D eigenvalue weighted by atomic mass is 16.6. The third-order valence-corrected chi connectivity index (χ3v) is 3.27. The molecule has 0 bridgehead atoms. The molecule has 17 heavy (non-hydrogen) atoms. The van der Waals surface area contributed by atoms with Crippen molar-refractivity contribution in [3.63, 3.8) is 0 Å². The lowest BCUT2D eigenvalue weighted by Gasteiger charge is -2.15. The van der Waals surface area contributed by atoms with Gasteiger partial charge >= 0.3 is 0 Å². The molecule has 1 aromatic carbocycles. The normalized spacial score (nSPS) is 23.6. The van der Waals surface area contributed by atoms with Crippen molar-refractivity contribution in [2.24, 2.45) is 5.92 Å². The highest BCUT2D eigenvalue weighted by Crippen LogP contribution is 2.26. The van der Waals surface area contributed by atoms with Crippen molar-refractivity contribution in [1.29, 1.82) is 0 Å². The monoisotopic (exact) mass is 236 g/mol. The molecule has 1 aromatic rings. The highest BCUT2D eigenvalue weighted by molar-refractivity contribution is 5.48. The standard InChI is InChI=1S/C12H16N2O3/c15-12-3-1-2-9(12)8-13-10-4-6-11(7-5-10)14(16)17/h4-7,9,12-13,15H,1-3,8H2. The fraction of sp³-hybridized carbons (Fsp3) is 0.500. The van der Waals surface area contributed by atoms with Gasteiger partial charge in [-0.3, -0.25) is 10.1 Å². The van der Waals surface area contributed by atoms with Crippen molar-refractivity contribution in [3.05, 3.63) is 34.4 Å². The molecule has 5 nitrogen and oxygen atoms in total. The second-order valence-corrected chi connectivity index (χ2v) is 4.44. The van der Waals surface area contributed by atoms with Crippen LogP contribution in [-0.2, 0) is 0 Å². The van der Waals surface area contributed by atoms with E-state index in [4.69, 9.17) is 0 Å². The summed E-state index contributed by atoms with van der Waals surface area (Å²) in [7, 11) is 0. The van der Waals surface area contributed by atoms with Gasteiger partial charge in [0.2, 0.25) is 0 Å². The first kappa shape index (κ1) is 11.9. The van der Waals surface area contributed by atoms with Gasteiger partial charge in [0, 0.05) is 30.3 Å². The van der Waals surface area contributed by atoms with Gasteiger partial charge in [-0.15, -0.1) is 0 Å². The van der Waals surface area contributed by atoms with E-state index >= 15 is 0 Å². The maximum absolute atomic E-state index is 10.5. The molecule has 0 saturated heterocycles. The molecule has 0 aliphatic heterocycles. The highest BCUT2D eigenvalue weighted by Gasteiger charge is 2.24. The van der Waals surface area contributed by atoms with Crippen LogP contribution in [-0.4, -0.2) is 22.7 Å². The SMILES string of the molecule is O=[N+]([O-])c1ccc(NCC2CCCC2O)cc1. The van der Waals surface area contributed by atoms with E-state index in [9.17, 15) is 15.2 Å². The molecule has 0 radical (unpaired) electrons. The summed E-state index contributed by atoms with van der Waals surface area (Å²) in [4.78, 5) is 10.1. The molecule has 2 unspecified atom stereocenters. The Bertz CT molecular complexity index is 391. The van der Waals surface area contributed by atoms with Crippen LogP contribution in [0, 0.1) is 16.0 Å². The summed E-state index contributed by atoms with van der Waals surface area (Å²) in [5.74, 6) is 0.296. The predicted octanol–water partition coefficient (Wildman–Crippen LogP) is 2.17. The molecule has 2 atom stereocenters. The minimum atomic E-state index is -0.412. The number of nitrogens with one attached hydrogen (secondary N) is 1. The van der Waals surface area contributed by atoms with E-state index in [0.717, 1.165) is 31.5 Å². The maximum atomic E-state index is 10.5. The summed E-state index contributed by atoms with van der Waals surface area (Å²) in [6.45, 7) is 0.721. The summed E-state index contributed by atoms with van der Waals surface area (Å²) in [5.41, 5.74) is 0.950. The van der Waals surface area contributed by atoms with Crippen LogP contribution in [0.1, 0.15) is 19.3 Å².